The number of pyridine rings is 1. The van der Waals surface area contributed by atoms with Crippen LogP contribution in [0.4, 0.5) is 0 Å². The fraction of sp³-hybridized carbons (Fsp3) is 0.211. The smallest absolute Gasteiger partial charge is 0.0749 e. The quantitative estimate of drug-likeness (QED) is 0.758. The van der Waals surface area contributed by atoms with Crippen molar-refractivity contribution in [3.05, 3.63) is 78.0 Å². The lowest BCUT2D eigenvalue weighted by Crippen LogP contribution is -2.17. The molecule has 0 aliphatic carbocycles. The average molecular weight is 276 g/mol. The second-order valence-corrected chi connectivity index (χ2v) is 5.29. The van der Waals surface area contributed by atoms with E-state index in [1.165, 1.54) is 16.5 Å². The molecule has 0 aliphatic heterocycles. The molecule has 0 aliphatic rings. The van der Waals surface area contributed by atoms with Crippen LogP contribution in [0.2, 0.25) is 0 Å². The van der Waals surface area contributed by atoms with Crippen molar-refractivity contribution in [2.75, 3.05) is 7.05 Å². The van der Waals surface area contributed by atoms with Crippen LogP contribution in [0, 0.1) is 0 Å². The maximum Gasteiger partial charge on any atom is 0.0749 e. The minimum absolute atomic E-state index is 0.323. The standard InChI is InChI=1S/C19H20N2/c1-20-18(13-12-15-7-3-2-4-8-15)17-11-5-9-16-10-6-14-21-19(16)17/h2-11,14,18,20H,12-13H2,1H3. The van der Waals surface area contributed by atoms with E-state index < -0.39 is 0 Å². The number of fused-ring (bicyclic) bond motifs is 1. The molecule has 0 saturated heterocycles. The van der Waals surface area contributed by atoms with Gasteiger partial charge in [0.05, 0.1) is 5.52 Å². The van der Waals surface area contributed by atoms with Gasteiger partial charge in [-0.3, -0.25) is 4.98 Å². The van der Waals surface area contributed by atoms with Gasteiger partial charge in [-0.15, -0.1) is 0 Å². The van der Waals surface area contributed by atoms with E-state index in [0.29, 0.717) is 6.04 Å². The molecule has 0 fully saturated rings. The molecule has 1 atom stereocenters. The maximum absolute atomic E-state index is 4.57. The Morgan fingerprint density at radius 3 is 2.57 bits per heavy atom. The van der Waals surface area contributed by atoms with E-state index in [0.717, 1.165) is 18.4 Å². The molecule has 21 heavy (non-hydrogen) atoms. The van der Waals surface area contributed by atoms with Crippen molar-refractivity contribution in [3.63, 3.8) is 0 Å². The Labute approximate surface area is 125 Å². The molecule has 2 aromatic carbocycles. The predicted octanol–water partition coefficient (Wildman–Crippen LogP) is 4.13. The van der Waals surface area contributed by atoms with Crippen molar-refractivity contribution in [1.29, 1.82) is 0 Å². The van der Waals surface area contributed by atoms with Crippen LogP contribution in [0.5, 0.6) is 0 Å². The Kier molecular flexibility index (Phi) is 4.27. The Morgan fingerprint density at radius 1 is 0.952 bits per heavy atom. The number of aryl methyl sites for hydroxylation is 1. The van der Waals surface area contributed by atoms with Crippen molar-refractivity contribution >= 4 is 10.9 Å². The summed E-state index contributed by atoms with van der Waals surface area (Å²) in [7, 11) is 2.03. The van der Waals surface area contributed by atoms with Crippen LogP contribution in [0.25, 0.3) is 10.9 Å². The summed E-state index contributed by atoms with van der Waals surface area (Å²) in [5.41, 5.74) is 3.77. The van der Waals surface area contributed by atoms with E-state index in [9.17, 15) is 0 Å². The van der Waals surface area contributed by atoms with E-state index >= 15 is 0 Å². The lowest BCUT2D eigenvalue weighted by molar-refractivity contribution is 0.552. The van der Waals surface area contributed by atoms with Crippen LogP contribution in [0.1, 0.15) is 23.6 Å². The van der Waals surface area contributed by atoms with Crippen LogP contribution in [-0.2, 0) is 6.42 Å². The van der Waals surface area contributed by atoms with Gasteiger partial charge in [-0.1, -0.05) is 54.6 Å². The second-order valence-electron chi connectivity index (χ2n) is 5.29. The van der Waals surface area contributed by atoms with E-state index in [4.69, 9.17) is 0 Å². The number of hydrogen-bond acceptors (Lipinski definition) is 2. The molecule has 1 aromatic heterocycles. The zero-order valence-electron chi connectivity index (χ0n) is 12.3. The first-order valence-electron chi connectivity index (χ1n) is 7.43. The van der Waals surface area contributed by atoms with Gasteiger partial charge in [-0.05, 0) is 37.1 Å². The fourth-order valence-corrected chi connectivity index (χ4v) is 2.82. The summed E-state index contributed by atoms with van der Waals surface area (Å²) in [4.78, 5) is 4.57. The van der Waals surface area contributed by atoms with Crippen LogP contribution in [-0.4, -0.2) is 12.0 Å². The van der Waals surface area contributed by atoms with Crippen molar-refractivity contribution in [3.8, 4) is 0 Å². The average Bonchev–Trinajstić information content (AvgIpc) is 2.56. The topological polar surface area (TPSA) is 24.9 Å². The summed E-state index contributed by atoms with van der Waals surface area (Å²) in [6.07, 6.45) is 4.00. The van der Waals surface area contributed by atoms with E-state index in [1.807, 2.05) is 19.3 Å². The number of rotatable bonds is 5. The molecule has 2 heteroatoms. The molecule has 0 spiro atoms. The van der Waals surface area contributed by atoms with Crippen molar-refractivity contribution < 1.29 is 0 Å². The molecule has 1 unspecified atom stereocenters. The summed E-state index contributed by atoms with van der Waals surface area (Å²) in [5.74, 6) is 0. The molecule has 106 valence electrons. The Hall–Kier alpha value is -2.19. The first-order valence-corrected chi connectivity index (χ1v) is 7.43. The highest BCUT2D eigenvalue weighted by Crippen LogP contribution is 2.25. The van der Waals surface area contributed by atoms with Crippen LogP contribution in [0.3, 0.4) is 0 Å². The third-order valence-electron chi connectivity index (χ3n) is 3.95. The minimum Gasteiger partial charge on any atom is -0.313 e. The fourth-order valence-electron chi connectivity index (χ4n) is 2.82. The number of para-hydroxylation sites is 1. The SMILES string of the molecule is CNC(CCc1ccccc1)c1cccc2cccnc12. The summed E-state index contributed by atoms with van der Waals surface area (Å²) >= 11 is 0. The monoisotopic (exact) mass is 276 g/mol. The Balaban J connectivity index is 1.85. The lowest BCUT2D eigenvalue weighted by atomic mass is 9.97. The van der Waals surface area contributed by atoms with Crippen LogP contribution in [0.15, 0.2) is 66.9 Å². The normalized spacial score (nSPS) is 12.4. The number of benzene rings is 2. The molecule has 0 amide bonds. The second kappa shape index (κ2) is 6.51. The summed E-state index contributed by atoms with van der Waals surface area (Å²) in [6.45, 7) is 0. The van der Waals surface area contributed by atoms with Gasteiger partial charge in [0.1, 0.15) is 0 Å². The number of nitrogens with one attached hydrogen (secondary N) is 1. The highest BCUT2D eigenvalue weighted by molar-refractivity contribution is 5.82. The van der Waals surface area contributed by atoms with Gasteiger partial charge in [-0.25, -0.2) is 0 Å². The van der Waals surface area contributed by atoms with Crippen molar-refractivity contribution in [2.45, 2.75) is 18.9 Å². The Morgan fingerprint density at radius 2 is 1.76 bits per heavy atom. The zero-order chi connectivity index (χ0) is 14.5. The molecule has 2 nitrogen and oxygen atoms in total. The largest absolute Gasteiger partial charge is 0.313 e. The van der Waals surface area contributed by atoms with Gasteiger partial charge in [0, 0.05) is 17.6 Å². The van der Waals surface area contributed by atoms with E-state index in [1.54, 1.807) is 0 Å². The minimum atomic E-state index is 0.323. The van der Waals surface area contributed by atoms with Crippen molar-refractivity contribution in [2.24, 2.45) is 0 Å². The first-order chi connectivity index (χ1) is 10.4. The molecule has 3 aromatic rings. The maximum atomic E-state index is 4.57. The van der Waals surface area contributed by atoms with Gasteiger partial charge in [0.15, 0.2) is 0 Å². The number of nitrogens with zero attached hydrogens (tertiary/aromatic N) is 1. The Bertz CT molecular complexity index is 702. The zero-order valence-corrected chi connectivity index (χ0v) is 12.3. The van der Waals surface area contributed by atoms with Gasteiger partial charge < -0.3 is 5.32 Å². The van der Waals surface area contributed by atoms with Crippen molar-refractivity contribution in [1.82, 2.24) is 10.3 Å². The predicted molar refractivity (Wildman–Crippen MR) is 88.3 cm³/mol. The summed E-state index contributed by atoms with van der Waals surface area (Å²) in [5, 5.41) is 4.64. The third kappa shape index (κ3) is 3.11. The molecular weight excluding hydrogens is 256 g/mol. The van der Waals surface area contributed by atoms with Gasteiger partial charge in [-0.2, -0.15) is 0 Å². The summed E-state index contributed by atoms with van der Waals surface area (Å²) < 4.78 is 0. The number of aromatic nitrogens is 1. The van der Waals surface area contributed by atoms with Crippen LogP contribution >= 0.6 is 0 Å². The first kappa shape index (κ1) is 13.8. The number of hydrogen-bond donors (Lipinski definition) is 1. The summed E-state index contributed by atoms with van der Waals surface area (Å²) in [6, 6.07) is 21.5. The molecular formula is C19H20N2. The highest BCUT2D eigenvalue weighted by Gasteiger charge is 2.13. The van der Waals surface area contributed by atoms with Gasteiger partial charge in [0.25, 0.3) is 0 Å². The molecule has 0 saturated carbocycles. The molecule has 0 bridgehead atoms. The molecule has 3 rings (SSSR count). The molecule has 0 radical (unpaired) electrons. The molecule has 1 N–H and O–H groups in total. The third-order valence-corrected chi connectivity index (χ3v) is 3.95. The van der Waals surface area contributed by atoms with Crippen LogP contribution < -0.4 is 5.32 Å². The lowest BCUT2D eigenvalue weighted by Gasteiger charge is -2.18. The van der Waals surface area contributed by atoms with Gasteiger partial charge >= 0.3 is 0 Å². The van der Waals surface area contributed by atoms with E-state index in [2.05, 4.69) is 64.9 Å². The van der Waals surface area contributed by atoms with Gasteiger partial charge in [0.2, 0.25) is 0 Å². The highest BCUT2D eigenvalue weighted by atomic mass is 14.9. The van der Waals surface area contributed by atoms with E-state index in [-0.39, 0.29) is 0 Å². The molecule has 1 heterocycles.